The maximum Gasteiger partial charge on any atom is 0.238 e. The Morgan fingerprint density at radius 3 is 2.82 bits per heavy atom. The number of aromatic nitrogens is 2. The van der Waals surface area contributed by atoms with E-state index in [2.05, 4.69) is 25.9 Å². The summed E-state index contributed by atoms with van der Waals surface area (Å²) in [4.78, 5) is 7.77. The van der Waals surface area contributed by atoms with Crippen molar-refractivity contribution >= 4 is 27.5 Å². The van der Waals surface area contributed by atoms with Gasteiger partial charge in [-0.05, 0) is 22.0 Å². The van der Waals surface area contributed by atoms with Crippen LogP contribution in [0.3, 0.4) is 0 Å². The Bertz CT molecular complexity index is 537. The zero-order valence-electron chi connectivity index (χ0n) is 8.60. The molecule has 0 aliphatic rings. The molecule has 0 aliphatic carbocycles. The number of halogens is 2. The van der Waals surface area contributed by atoms with E-state index in [1.54, 1.807) is 12.1 Å². The number of para-hydroxylation sites is 1. The summed E-state index contributed by atoms with van der Waals surface area (Å²) in [6.45, 7) is -0.105. The molecule has 0 spiro atoms. The lowest BCUT2D eigenvalue weighted by molar-refractivity contribution is 0.276. The van der Waals surface area contributed by atoms with Gasteiger partial charge in [-0.3, -0.25) is 0 Å². The lowest BCUT2D eigenvalue weighted by atomic mass is 10.2. The summed E-state index contributed by atoms with van der Waals surface area (Å²) in [6.07, 6.45) is 1.31. The maximum absolute atomic E-state index is 9.17. The third kappa shape index (κ3) is 2.74. The number of aliphatic hydroxyl groups is 1. The Labute approximate surface area is 111 Å². The standard InChI is InChI=1S/C11H8BrClN2O2/c12-9-10(13)14-6-15-11(9)17-8-4-2-1-3-7(8)5-16/h1-4,6,16H,5H2. The minimum atomic E-state index is -0.105. The fraction of sp³-hybridized carbons (Fsp3) is 0.0909. The summed E-state index contributed by atoms with van der Waals surface area (Å²) >= 11 is 9.07. The molecule has 0 amide bonds. The van der Waals surface area contributed by atoms with Crippen LogP contribution in [0.4, 0.5) is 0 Å². The minimum Gasteiger partial charge on any atom is -0.437 e. The first kappa shape index (κ1) is 12.3. The summed E-state index contributed by atoms with van der Waals surface area (Å²) in [5.74, 6) is 0.844. The van der Waals surface area contributed by atoms with Crippen molar-refractivity contribution in [2.24, 2.45) is 0 Å². The Hall–Kier alpha value is -1.17. The van der Waals surface area contributed by atoms with Crippen molar-refractivity contribution in [1.82, 2.24) is 9.97 Å². The topological polar surface area (TPSA) is 55.2 Å². The number of benzene rings is 1. The molecule has 6 heteroatoms. The molecule has 0 aliphatic heterocycles. The van der Waals surface area contributed by atoms with E-state index in [1.807, 2.05) is 12.1 Å². The van der Waals surface area contributed by atoms with Crippen LogP contribution in [0, 0.1) is 0 Å². The van der Waals surface area contributed by atoms with E-state index < -0.39 is 0 Å². The second-order valence-corrected chi connectivity index (χ2v) is 4.30. The van der Waals surface area contributed by atoms with Crippen molar-refractivity contribution in [2.45, 2.75) is 6.61 Å². The number of ether oxygens (including phenoxy) is 1. The molecular weight excluding hydrogens is 307 g/mol. The molecule has 0 radical (unpaired) electrons. The summed E-state index contributed by atoms with van der Waals surface area (Å²) in [7, 11) is 0. The van der Waals surface area contributed by atoms with Crippen LogP contribution in [0.25, 0.3) is 0 Å². The van der Waals surface area contributed by atoms with Crippen molar-refractivity contribution < 1.29 is 9.84 Å². The van der Waals surface area contributed by atoms with Crippen LogP contribution in [-0.2, 0) is 6.61 Å². The van der Waals surface area contributed by atoms with E-state index in [1.165, 1.54) is 6.33 Å². The zero-order valence-corrected chi connectivity index (χ0v) is 10.9. The summed E-state index contributed by atoms with van der Waals surface area (Å²) in [6, 6.07) is 7.14. The Morgan fingerprint density at radius 2 is 2.06 bits per heavy atom. The van der Waals surface area contributed by atoms with Crippen LogP contribution < -0.4 is 4.74 Å². The fourth-order valence-corrected chi connectivity index (χ4v) is 1.65. The summed E-state index contributed by atoms with van der Waals surface area (Å²) in [5, 5.41) is 9.44. The van der Waals surface area contributed by atoms with Gasteiger partial charge in [0.05, 0.1) is 6.61 Å². The van der Waals surface area contributed by atoms with Crippen LogP contribution in [0.2, 0.25) is 5.15 Å². The molecule has 1 N–H and O–H groups in total. The van der Waals surface area contributed by atoms with Crippen molar-refractivity contribution in [3.05, 3.63) is 45.8 Å². The quantitative estimate of drug-likeness (QED) is 0.884. The van der Waals surface area contributed by atoms with Crippen molar-refractivity contribution in [2.75, 3.05) is 0 Å². The molecule has 88 valence electrons. The molecule has 1 aromatic heterocycles. The SMILES string of the molecule is OCc1ccccc1Oc1ncnc(Cl)c1Br. The van der Waals surface area contributed by atoms with Crippen LogP contribution >= 0.6 is 27.5 Å². The highest BCUT2D eigenvalue weighted by atomic mass is 79.9. The lowest BCUT2D eigenvalue weighted by Crippen LogP contribution is -1.95. The van der Waals surface area contributed by atoms with Gasteiger partial charge in [0.2, 0.25) is 5.88 Å². The van der Waals surface area contributed by atoms with Gasteiger partial charge in [-0.1, -0.05) is 29.8 Å². The van der Waals surface area contributed by atoms with Crippen molar-refractivity contribution in [3.8, 4) is 11.6 Å². The third-order valence-corrected chi connectivity index (χ3v) is 3.29. The predicted octanol–water partition coefficient (Wildman–Crippen LogP) is 3.18. The van der Waals surface area contributed by atoms with Gasteiger partial charge in [-0.15, -0.1) is 0 Å². The average Bonchev–Trinajstić information content (AvgIpc) is 2.35. The van der Waals surface area contributed by atoms with Crippen LogP contribution in [0.5, 0.6) is 11.6 Å². The zero-order chi connectivity index (χ0) is 12.3. The Kier molecular flexibility index (Phi) is 3.93. The molecule has 0 atom stereocenters. The van der Waals surface area contributed by atoms with Gasteiger partial charge in [0, 0.05) is 5.56 Å². The number of nitrogens with zero attached hydrogens (tertiary/aromatic N) is 2. The maximum atomic E-state index is 9.17. The number of aliphatic hydroxyl groups excluding tert-OH is 1. The monoisotopic (exact) mass is 314 g/mol. The van der Waals surface area contributed by atoms with Gasteiger partial charge in [0.25, 0.3) is 0 Å². The third-order valence-electron chi connectivity index (χ3n) is 2.06. The molecule has 17 heavy (non-hydrogen) atoms. The fourth-order valence-electron chi connectivity index (χ4n) is 1.24. The first-order valence-corrected chi connectivity index (χ1v) is 5.92. The molecular formula is C11H8BrClN2O2. The number of hydrogen-bond acceptors (Lipinski definition) is 4. The average molecular weight is 316 g/mol. The number of rotatable bonds is 3. The molecule has 0 fully saturated rings. The summed E-state index contributed by atoms with van der Waals surface area (Å²) < 4.78 is 6.05. The van der Waals surface area contributed by atoms with E-state index in [0.717, 1.165) is 0 Å². The van der Waals surface area contributed by atoms with Gasteiger partial charge >= 0.3 is 0 Å². The largest absolute Gasteiger partial charge is 0.437 e. The lowest BCUT2D eigenvalue weighted by Gasteiger charge is -2.09. The second kappa shape index (κ2) is 5.44. The van der Waals surface area contributed by atoms with E-state index in [4.69, 9.17) is 21.4 Å². The van der Waals surface area contributed by atoms with Crippen LogP contribution in [0.15, 0.2) is 35.1 Å². The van der Waals surface area contributed by atoms with Gasteiger partial charge in [-0.25, -0.2) is 9.97 Å². The van der Waals surface area contributed by atoms with Crippen LogP contribution in [0.1, 0.15) is 5.56 Å². The van der Waals surface area contributed by atoms with Gasteiger partial charge in [-0.2, -0.15) is 0 Å². The highest BCUT2D eigenvalue weighted by molar-refractivity contribution is 9.10. The highest BCUT2D eigenvalue weighted by Crippen LogP contribution is 2.32. The minimum absolute atomic E-state index is 0.105. The van der Waals surface area contributed by atoms with Gasteiger partial charge < -0.3 is 9.84 Å². The molecule has 1 heterocycles. The van der Waals surface area contributed by atoms with Crippen molar-refractivity contribution in [1.29, 1.82) is 0 Å². The van der Waals surface area contributed by atoms with E-state index >= 15 is 0 Å². The molecule has 4 nitrogen and oxygen atoms in total. The summed E-state index contributed by atoms with van der Waals surface area (Å²) in [5.41, 5.74) is 0.675. The highest BCUT2D eigenvalue weighted by Gasteiger charge is 2.10. The van der Waals surface area contributed by atoms with Crippen LogP contribution in [-0.4, -0.2) is 15.1 Å². The molecule has 2 aromatic rings. The molecule has 2 rings (SSSR count). The first-order valence-electron chi connectivity index (χ1n) is 4.75. The Morgan fingerprint density at radius 1 is 1.29 bits per heavy atom. The molecule has 0 bridgehead atoms. The molecule has 0 saturated heterocycles. The van der Waals surface area contributed by atoms with Gasteiger partial charge in [0.1, 0.15) is 16.5 Å². The first-order chi connectivity index (χ1) is 8.22. The van der Waals surface area contributed by atoms with Gasteiger partial charge in [0.15, 0.2) is 5.15 Å². The Balaban J connectivity index is 2.35. The van der Waals surface area contributed by atoms with E-state index in [0.29, 0.717) is 21.7 Å². The molecule has 1 aromatic carbocycles. The van der Waals surface area contributed by atoms with Crippen molar-refractivity contribution in [3.63, 3.8) is 0 Å². The normalized spacial score (nSPS) is 10.3. The van der Waals surface area contributed by atoms with E-state index in [9.17, 15) is 0 Å². The predicted molar refractivity (Wildman–Crippen MR) is 67.2 cm³/mol. The number of hydrogen-bond donors (Lipinski definition) is 1. The van der Waals surface area contributed by atoms with E-state index in [-0.39, 0.29) is 11.8 Å². The molecule has 0 saturated carbocycles. The smallest absolute Gasteiger partial charge is 0.238 e. The molecule has 0 unspecified atom stereocenters. The second-order valence-electron chi connectivity index (χ2n) is 3.15.